The maximum absolute atomic E-state index is 13.6. The number of carboxylic acids is 1. The predicted octanol–water partition coefficient (Wildman–Crippen LogP) is 2.53. The van der Waals surface area contributed by atoms with Gasteiger partial charge in [-0.25, -0.2) is 14.4 Å². The summed E-state index contributed by atoms with van der Waals surface area (Å²) in [4.78, 5) is 68.2. The molecule has 0 aliphatic heterocycles. The van der Waals surface area contributed by atoms with Crippen molar-refractivity contribution in [3.05, 3.63) is 78.1 Å². The summed E-state index contributed by atoms with van der Waals surface area (Å²) in [6.07, 6.45) is 0.352. The quantitative estimate of drug-likeness (QED) is 0.204. The first-order valence-corrected chi connectivity index (χ1v) is 13.3. The van der Waals surface area contributed by atoms with Gasteiger partial charge in [0.05, 0.1) is 5.57 Å². The molecule has 0 saturated carbocycles. The van der Waals surface area contributed by atoms with E-state index in [0.29, 0.717) is 11.3 Å². The highest BCUT2D eigenvalue weighted by Crippen LogP contribution is 2.14. The van der Waals surface area contributed by atoms with Gasteiger partial charge in [0, 0.05) is 18.3 Å². The van der Waals surface area contributed by atoms with Gasteiger partial charge in [-0.1, -0.05) is 56.8 Å². The Hall–Kier alpha value is -4.74. The van der Waals surface area contributed by atoms with Crippen LogP contribution in [0.3, 0.4) is 0 Å². The normalized spacial score (nSPS) is 13.2. The first-order chi connectivity index (χ1) is 19.7. The maximum atomic E-state index is 13.6. The van der Waals surface area contributed by atoms with E-state index in [2.05, 4.69) is 27.5 Å². The third-order valence-corrected chi connectivity index (χ3v) is 5.75. The Kier molecular flexibility index (Phi) is 12.2. The number of ether oxygens (including phenoxy) is 2. The second-order valence-electron chi connectivity index (χ2n) is 10.8. The molecule has 1 heterocycles. The van der Waals surface area contributed by atoms with Crippen molar-refractivity contribution in [3.63, 3.8) is 0 Å². The van der Waals surface area contributed by atoms with E-state index in [9.17, 15) is 29.1 Å². The minimum absolute atomic E-state index is 0.115. The molecule has 2 rings (SSSR count). The van der Waals surface area contributed by atoms with Crippen LogP contribution in [-0.4, -0.2) is 63.7 Å². The SMILES string of the molecule is C=C(C(=O)OC(C)(C)C)[C@H](NC(=O)OCc1ccccc1)C(=O)N[C@@H](Cc1ccccn1)C(=O)NC(C(=O)O)C(C)C. The summed E-state index contributed by atoms with van der Waals surface area (Å²) in [5.74, 6) is -4.44. The molecule has 12 nitrogen and oxygen atoms in total. The van der Waals surface area contributed by atoms with Gasteiger partial charge in [0.15, 0.2) is 0 Å². The molecule has 1 unspecified atom stereocenters. The van der Waals surface area contributed by atoms with Crippen molar-refractivity contribution in [1.29, 1.82) is 0 Å². The molecular weight excluding hydrogens is 544 g/mol. The zero-order chi connectivity index (χ0) is 31.4. The molecule has 4 N–H and O–H groups in total. The van der Waals surface area contributed by atoms with Crippen molar-refractivity contribution in [2.75, 3.05) is 0 Å². The minimum Gasteiger partial charge on any atom is -0.480 e. The van der Waals surface area contributed by atoms with Gasteiger partial charge in [0.2, 0.25) is 11.8 Å². The fourth-order valence-corrected chi connectivity index (χ4v) is 3.61. The lowest BCUT2D eigenvalue weighted by Crippen LogP contribution is -2.58. The van der Waals surface area contributed by atoms with Crippen LogP contribution in [0.5, 0.6) is 0 Å². The number of alkyl carbamates (subject to hydrolysis) is 1. The minimum atomic E-state index is -1.69. The summed E-state index contributed by atoms with van der Waals surface area (Å²) in [6.45, 7) is 11.7. The third kappa shape index (κ3) is 11.0. The van der Waals surface area contributed by atoms with E-state index in [0.717, 1.165) is 0 Å². The van der Waals surface area contributed by atoms with Crippen LogP contribution in [-0.2, 0) is 41.7 Å². The second-order valence-corrected chi connectivity index (χ2v) is 10.8. The van der Waals surface area contributed by atoms with Crippen molar-refractivity contribution in [2.45, 2.75) is 71.4 Å². The Balaban J connectivity index is 2.32. The van der Waals surface area contributed by atoms with E-state index >= 15 is 0 Å². The predicted molar refractivity (Wildman–Crippen MR) is 153 cm³/mol. The molecular formula is C30H38N4O8. The van der Waals surface area contributed by atoms with E-state index in [1.807, 2.05) is 0 Å². The number of carbonyl (C=O) groups excluding carboxylic acids is 4. The zero-order valence-electron chi connectivity index (χ0n) is 24.4. The van der Waals surface area contributed by atoms with Crippen LogP contribution in [0.4, 0.5) is 4.79 Å². The lowest BCUT2D eigenvalue weighted by atomic mass is 10.0. The summed E-state index contributed by atoms with van der Waals surface area (Å²) < 4.78 is 10.5. The molecule has 1 aromatic carbocycles. The van der Waals surface area contributed by atoms with E-state index in [1.54, 1.807) is 83.1 Å². The van der Waals surface area contributed by atoms with Crippen molar-refractivity contribution in [2.24, 2.45) is 5.92 Å². The average Bonchev–Trinajstić information content (AvgIpc) is 2.92. The molecule has 42 heavy (non-hydrogen) atoms. The van der Waals surface area contributed by atoms with Gasteiger partial charge in [-0.15, -0.1) is 0 Å². The molecule has 0 bridgehead atoms. The Bertz CT molecular complexity index is 1260. The van der Waals surface area contributed by atoms with Crippen LogP contribution in [0.1, 0.15) is 45.9 Å². The molecule has 1 aromatic heterocycles. The highest BCUT2D eigenvalue weighted by Gasteiger charge is 2.35. The number of amides is 3. The molecule has 3 atom stereocenters. The Labute approximate surface area is 244 Å². The number of rotatable bonds is 13. The second kappa shape index (κ2) is 15.3. The summed E-state index contributed by atoms with van der Waals surface area (Å²) in [5, 5.41) is 16.8. The van der Waals surface area contributed by atoms with Crippen molar-refractivity contribution in [3.8, 4) is 0 Å². The molecule has 0 aliphatic carbocycles. The highest BCUT2D eigenvalue weighted by atomic mass is 16.6. The van der Waals surface area contributed by atoms with Crippen LogP contribution in [0.2, 0.25) is 0 Å². The number of esters is 1. The number of benzene rings is 1. The van der Waals surface area contributed by atoms with Gasteiger partial charge in [-0.3, -0.25) is 14.6 Å². The lowest BCUT2D eigenvalue weighted by molar-refractivity contribution is -0.151. The molecule has 3 amide bonds. The number of carbonyl (C=O) groups is 5. The zero-order valence-corrected chi connectivity index (χ0v) is 24.4. The Morgan fingerprint density at radius 2 is 1.57 bits per heavy atom. The first kappa shape index (κ1) is 33.5. The van der Waals surface area contributed by atoms with Crippen LogP contribution in [0.25, 0.3) is 0 Å². The van der Waals surface area contributed by atoms with Gasteiger partial charge in [-0.05, 0) is 44.4 Å². The van der Waals surface area contributed by atoms with E-state index in [-0.39, 0.29) is 13.0 Å². The number of pyridine rings is 1. The van der Waals surface area contributed by atoms with Crippen LogP contribution >= 0.6 is 0 Å². The number of nitrogens with one attached hydrogen (secondary N) is 3. The van der Waals surface area contributed by atoms with Crippen molar-refractivity contribution < 1.29 is 38.6 Å². The average molecular weight is 583 g/mol. The first-order valence-electron chi connectivity index (χ1n) is 13.3. The van der Waals surface area contributed by atoms with Crippen molar-refractivity contribution in [1.82, 2.24) is 20.9 Å². The fraction of sp³-hybridized carbons (Fsp3) is 0.400. The lowest BCUT2D eigenvalue weighted by Gasteiger charge is -2.27. The highest BCUT2D eigenvalue weighted by molar-refractivity contribution is 6.02. The molecule has 0 fully saturated rings. The van der Waals surface area contributed by atoms with E-state index in [1.165, 1.54) is 6.20 Å². The smallest absolute Gasteiger partial charge is 0.408 e. The summed E-state index contributed by atoms with van der Waals surface area (Å²) >= 11 is 0. The van der Waals surface area contributed by atoms with Crippen molar-refractivity contribution >= 4 is 29.8 Å². The van der Waals surface area contributed by atoms with Crippen LogP contribution in [0, 0.1) is 5.92 Å². The standard InChI is InChI=1S/C30H38N4O8/c1-18(2)23(27(37)38)33-25(35)22(16-21-14-10-11-15-31-21)32-26(36)24(19(3)28(39)42-30(4,5)6)34-29(40)41-17-20-12-8-7-9-13-20/h7-15,18,22-24H,3,16-17H2,1-2,4-6H3,(H,32,36)(H,33,35)(H,34,40)(H,37,38)/t22-,23?,24-/m0/s1. The van der Waals surface area contributed by atoms with E-state index < -0.39 is 65.1 Å². The molecule has 2 aromatic rings. The largest absolute Gasteiger partial charge is 0.480 e. The van der Waals surface area contributed by atoms with Crippen LogP contribution in [0.15, 0.2) is 66.9 Å². The topological polar surface area (TPSA) is 173 Å². The molecule has 12 heteroatoms. The molecule has 0 saturated heterocycles. The summed E-state index contributed by atoms with van der Waals surface area (Å²) in [6, 6.07) is 9.51. The van der Waals surface area contributed by atoms with Crippen LogP contribution < -0.4 is 16.0 Å². The molecule has 226 valence electrons. The number of nitrogens with zero attached hydrogens (tertiary/aromatic N) is 1. The van der Waals surface area contributed by atoms with Gasteiger partial charge >= 0.3 is 18.0 Å². The number of carboxylic acid groups (broad SMARTS) is 1. The fourth-order valence-electron chi connectivity index (χ4n) is 3.61. The summed E-state index contributed by atoms with van der Waals surface area (Å²) in [7, 11) is 0. The number of hydrogen-bond acceptors (Lipinski definition) is 8. The molecule has 0 spiro atoms. The number of hydrogen-bond donors (Lipinski definition) is 4. The molecule has 0 radical (unpaired) electrons. The monoisotopic (exact) mass is 582 g/mol. The summed E-state index contributed by atoms with van der Waals surface area (Å²) in [5.41, 5.74) is -0.238. The Morgan fingerprint density at radius 3 is 2.12 bits per heavy atom. The van der Waals surface area contributed by atoms with Gasteiger partial charge < -0.3 is 30.5 Å². The van der Waals surface area contributed by atoms with Gasteiger partial charge in [0.1, 0.15) is 30.3 Å². The number of aliphatic carboxylic acids is 1. The molecule has 0 aliphatic rings. The van der Waals surface area contributed by atoms with Gasteiger partial charge in [-0.2, -0.15) is 0 Å². The number of aromatic nitrogens is 1. The maximum Gasteiger partial charge on any atom is 0.408 e. The Morgan fingerprint density at radius 1 is 0.929 bits per heavy atom. The van der Waals surface area contributed by atoms with E-state index in [4.69, 9.17) is 9.47 Å². The third-order valence-electron chi connectivity index (χ3n) is 5.75. The van der Waals surface area contributed by atoms with Gasteiger partial charge in [0.25, 0.3) is 0 Å².